The Bertz CT molecular complexity index is 979. The second-order valence-corrected chi connectivity index (χ2v) is 8.45. The lowest BCUT2D eigenvalue weighted by Crippen LogP contribution is -2.55. The number of rotatable bonds is 4. The smallest absolute Gasteiger partial charge is 0.273 e. The Balaban J connectivity index is 1.50. The first kappa shape index (κ1) is 19.5. The molecule has 6 nitrogen and oxygen atoms in total. The predicted octanol–water partition coefficient (Wildman–Crippen LogP) is 3.24. The van der Waals surface area contributed by atoms with Gasteiger partial charge in [0.2, 0.25) is 0 Å². The first-order valence-corrected chi connectivity index (χ1v) is 10.0. The summed E-state index contributed by atoms with van der Waals surface area (Å²) in [5.74, 6) is -1.30. The Labute approximate surface area is 169 Å². The molecule has 0 spiro atoms. The first-order valence-electron chi connectivity index (χ1n) is 10.0. The van der Waals surface area contributed by atoms with Crippen LogP contribution in [0.5, 0.6) is 0 Å². The van der Waals surface area contributed by atoms with Crippen LogP contribution in [-0.2, 0) is 0 Å². The molecule has 0 unspecified atom stereocenters. The summed E-state index contributed by atoms with van der Waals surface area (Å²) in [6.07, 6.45) is 4.70. The number of hydrogen-bond donors (Lipinski definition) is 2. The van der Waals surface area contributed by atoms with Crippen LogP contribution < -0.4 is 10.6 Å². The molecule has 2 aliphatic rings. The molecule has 4 rings (SSSR count). The fraction of sp³-hybridized carbons (Fsp3) is 0.455. The Morgan fingerprint density at radius 2 is 1.55 bits per heavy atom. The van der Waals surface area contributed by atoms with E-state index in [2.05, 4.69) is 20.6 Å². The van der Waals surface area contributed by atoms with Crippen molar-refractivity contribution in [1.82, 2.24) is 20.6 Å². The fourth-order valence-corrected chi connectivity index (χ4v) is 4.81. The van der Waals surface area contributed by atoms with E-state index in [0.29, 0.717) is 17.8 Å². The molecule has 2 bridgehead atoms. The highest BCUT2D eigenvalue weighted by Gasteiger charge is 2.52. The van der Waals surface area contributed by atoms with Crippen LogP contribution in [0.4, 0.5) is 4.39 Å². The number of fused-ring (bicyclic) bond motifs is 2. The van der Waals surface area contributed by atoms with Crippen molar-refractivity contribution in [3.63, 3.8) is 0 Å². The number of hydrogen-bond acceptors (Lipinski definition) is 4. The number of aryl methyl sites for hydroxylation is 2. The predicted molar refractivity (Wildman–Crippen MR) is 106 cm³/mol. The van der Waals surface area contributed by atoms with Crippen LogP contribution in [0.1, 0.15) is 70.9 Å². The van der Waals surface area contributed by atoms with Gasteiger partial charge in [-0.1, -0.05) is 6.07 Å². The van der Waals surface area contributed by atoms with E-state index < -0.39 is 17.3 Å². The van der Waals surface area contributed by atoms with Gasteiger partial charge in [0, 0.05) is 22.5 Å². The maximum absolute atomic E-state index is 14.1. The Kier molecular flexibility index (Phi) is 4.84. The summed E-state index contributed by atoms with van der Waals surface area (Å²) in [7, 11) is 0. The van der Waals surface area contributed by atoms with Gasteiger partial charge in [0.1, 0.15) is 5.69 Å². The van der Waals surface area contributed by atoms with Crippen LogP contribution in [0.15, 0.2) is 30.3 Å². The van der Waals surface area contributed by atoms with Crippen molar-refractivity contribution in [2.75, 3.05) is 0 Å². The van der Waals surface area contributed by atoms with Crippen molar-refractivity contribution in [1.29, 1.82) is 0 Å². The molecule has 0 aromatic carbocycles. The third-order valence-electron chi connectivity index (χ3n) is 6.15. The van der Waals surface area contributed by atoms with E-state index in [4.69, 9.17) is 0 Å². The zero-order valence-corrected chi connectivity index (χ0v) is 16.7. The van der Waals surface area contributed by atoms with Crippen molar-refractivity contribution < 1.29 is 14.0 Å². The van der Waals surface area contributed by atoms with E-state index in [1.807, 2.05) is 19.1 Å². The average Bonchev–Trinajstić information content (AvgIpc) is 2.93. The number of aromatic nitrogens is 2. The number of carbonyl (C=O) groups excluding carboxylic acids is 2. The average molecular weight is 396 g/mol. The lowest BCUT2D eigenvalue weighted by molar-refractivity contribution is 0.0824. The van der Waals surface area contributed by atoms with Crippen LogP contribution in [0.3, 0.4) is 0 Å². The van der Waals surface area contributed by atoms with Crippen LogP contribution in [0.25, 0.3) is 0 Å². The summed E-state index contributed by atoms with van der Waals surface area (Å²) >= 11 is 0. The fourth-order valence-electron chi connectivity index (χ4n) is 4.81. The number of nitrogens with zero attached hydrogens (tertiary/aromatic N) is 2. The van der Waals surface area contributed by atoms with Gasteiger partial charge in [0.15, 0.2) is 11.5 Å². The molecule has 7 heteroatoms. The van der Waals surface area contributed by atoms with Gasteiger partial charge in [-0.2, -0.15) is 0 Å². The standard InChI is InChI=1S/C22H25FN4O2/c1-14-5-3-6-17(24-14)19(28)26-21-9-4-10-22(13-21,12-11-21)27-20(29)18-16(23)8-7-15(2)25-18/h3,5-8H,4,9-13H2,1-2H3,(H,26,28)(H,27,29)/t21-,22-/m1/s1. The topological polar surface area (TPSA) is 84.0 Å². The van der Waals surface area contributed by atoms with Crippen LogP contribution in [0, 0.1) is 19.7 Å². The Morgan fingerprint density at radius 1 is 0.897 bits per heavy atom. The number of halogens is 1. The van der Waals surface area contributed by atoms with Gasteiger partial charge in [-0.15, -0.1) is 0 Å². The largest absolute Gasteiger partial charge is 0.345 e. The van der Waals surface area contributed by atoms with Gasteiger partial charge in [0.05, 0.1) is 0 Å². The molecule has 2 fully saturated rings. The van der Waals surface area contributed by atoms with E-state index in [0.717, 1.165) is 37.8 Å². The summed E-state index contributed by atoms with van der Waals surface area (Å²) in [5.41, 5.74) is 0.802. The minimum atomic E-state index is -0.622. The molecule has 2 N–H and O–H groups in total. The van der Waals surface area contributed by atoms with Crippen molar-refractivity contribution in [3.8, 4) is 0 Å². The number of carbonyl (C=O) groups is 2. The minimum Gasteiger partial charge on any atom is -0.345 e. The van der Waals surface area contributed by atoms with Gasteiger partial charge < -0.3 is 10.6 Å². The van der Waals surface area contributed by atoms with Gasteiger partial charge in [0.25, 0.3) is 11.8 Å². The van der Waals surface area contributed by atoms with E-state index in [1.165, 1.54) is 6.07 Å². The quantitative estimate of drug-likeness (QED) is 0.831. The molecule has 2 amide bonds. The maximum atomic E-state index is 14.1. The molecule has 0 aliphatic heterocycles. The molecule has 0 radical (unpaired) electrons. The highest BCUT2D eigenvalue weighted by atomic mass is 19.1. The minimum absolute atomic E-state index is 0.171. The van der Waals surface area contributed by atoms with E-state index in [9.17, 15) is 14.0 Å². The number of pyridine rings is 2. The highest BCUT2D eigenvalue weighted by Crippen LogP contribution is 2.48. The lowest BCUT2D eigenvalue weighted by Gasteiger charge is -2.40. The van der Waals surface area contributed by atoms with Crippen molar-refractivity contribution in [2.45, 2.75) is 63.5 Å². The molecule has 29 heavy (non-hydrogen) atoms. The molecular formula is C22H25FN4O2. The summed E-state index contributed by atoms with van der Waals surface area (Å²) < 4.78 is 14.1. The molecule has 2 aliphatic carbocycles. The van der Waals surface area contributed by atoms with E-state index in [-0.39, 0.29) is 17.1 Å². The Morgan fingerprint density at radius 3 is 2.24 bits per heavy atom. The third kappa shape index (κ3) is 3.86. The van der Waals surface area contributed by atoms with Crippen LogP contribution in [0.2, 0.25) is 0 Å². The third-order valence-corrected chi connectivity index (χ3v) is 6.15. The summed E-state index contributed by atoms with van der Waals surface area (Å²) in [4.78, 5) is 33.9. The van der Waals surface area contributed by atoms with Gasteiger partial charge in [-0.3, -0.25) is 9.59 Å². The van der Waals surface area contributed by atoms with Crippen molar-refractivity contribution in [2.24, 2.45) is 0 Å². The van der Waals surface area contributed by atoms with E-state index in [1.54, 1.807) is 19.1 Å². The van der Waals surface area contributed by atoms with Crippen molar-refractivity contribution >= 4 is 11.8 Å². The zero-order valence-electron chi connectivity index (χ0n) is 16.7. The molecule has 0 saturated heterocycles. The number of nitrogens with one attached hydrogen (secondary N) is 2. The number of amides is 2. The second kappa shape index (κ2) is 7.21. The second-order valence-electron chi connectivity index (χ2n) is 8.45. The normalized spacial score (nSPS) is 25.5. The molecule has 2 aromatic heterocycles. The molecule has 152 valence electrons. The van der Waals surface area contributed by atoms with Gasteiger partial charge in [-0.05, 0) is 76.6 Å². The lowest BCUT2D eigenvalue weighted by atomic mass is 9.78. The molecule has 2 atom stereocenters. The van der Waals surface area contributed by atoms with Crippen LogP contribution in [-0.4, -0.2) is 32.9 Å². The zero-order chi connectivity index (χ0) is 20.6. The highest BCUT2D eigenvalue weighted by molar-refractivity contribution is 5.94. The molecule has 2 heterocycles. The van der Waals surface area contributed by atoms with Crippen molar-refractivity contribution in [3.05, 3.63) is 58.9 Å². The van der Waals surface area contributed by atoms with E-state index >= 15 is 0 Å². The van der Waals surface area contributed by atoms with Crippen LogP contribution >= 0.6 is 0 Å². The monoisotopic (exact) mass is 396 g/mol. The molecule has 2 aromatic rings. The Hall–Kier alpha value is -2.83. The van der Waals surface area contributed by atoms with Gasteiger partial charge in [-0.25, -0.2) is 14.4 Å². The summed E-state index contributed by atoms with van der Waals surface area (Å²) in [6.45, 7) is 3.58. The molecule has 2 saturated carbocycles. The SMILES string of the molecule is Cc1cccc(C(=O)N[C@]23CCC[C@@](NC(=O)c4nc(C)ccc4F)(CC2)C3)n1. The van der Waals surface area contributed by atoms with Gasteiger partial charge >= 0.3 is 0 Å². The summed E-state index contributed by atoms with van der Waals surface area (Å²) in [6, 6.07) is 8.19. The maximum Gasteiger partial charge on any atom is 0.273 e. The first-order chi connectivity index (χ1) is 13.8. The summed E-state index contributed by atoms with van der Waals surface area (Å²) in [5, 5.41) is 6.23. The molecular weight excluding hydrogens is 371 g/mol.